The Morgan fingerprint density at radius 1 is 0.974 bits per heavy atom. The van der Waals surface area contributed by atoms with Crippen LogP contribution in [0, 0.1) is 0 Å². The first-order chi connectivity index (χ1) is 18.5. The summed E-state index contributed by atoms with van der Waals surface area (Å²) in [6.45, 7) is 1.62. The number of carboxylic acid groups (broad SMARTS) is 1. The molecule has 1 heterocycles. The maximum atomic E-state index is 13.2. The van der Waals surface area contributed by atoms with Crippen molar-refractivity contribution in [3.05, 3.63) is 48.0 Å². The van der Waals surface area contributed by atoms with E-state index in [1.807, 2.05) is 0 Å². The summed E-state index contributed by atoms with van der Waals surface area (Å²) in [4.78, 5) is 61.2. The summed E-state index contributed by atoms with van der Waals surface area (Å²) in [5, 5.41) is 26.8. The number of guanidine groups is 1. The molecule has 0 spiro atoms. The molecule has 212 valence electrons. The Morgan fingerprint density at radius 2 is 1.59 bits per heavy atom. The third-order valence-electron chi connectivity index (χ3n) is 5.59. The molecule has 39 heavy (non-hydrogen) atoms. The molecule has 0 aliphatic rings. The lowest BCUT2D eigenvalue weighted by molar-refractivity contribution is -0.142. The number of rotatable bonds is 15. The van der Waals surface area contributed by atoms with Gasteiger partial charge < -0.3 is 48.3 Å². The molecule has 0 aliphatic heterocycles. The van der Waals surface area contributed by atoms with Crippen molar-refractivity contribution in [2.24, 2.45) is 22.2 Å². The van der Waals surface area contributed by atoms with Crippen molar-refractivity contribution in [3.8, 4) is 5.75 Å². The Labute approximate surface area is 224 Å². The van der Waals surface area contributed by atoms with Crippen molar-refractivity contribution in [2.45, 2.75) is 56.8 Å². The highest BCUT2D eigenvalue weighted by molar-refractivity contribution is 5.94. The SMILES string of the molecule is CC(N)C(=O)NC(Cc1cnc[nH]1)C(=O)NC(CCCN=C(N)N)C(=O)NC(Cc1ccc(O)cc1)C(=O)O. The van der Waals surface area contributed by atoms with E-state index < -0.39 is 47.9 Å². The van der Waals surface area contributed by atoms with Gasteiger partial charge in [0.2, 0.25) is 17.7 Å². The Kier molecular flexibility index (Phi) is 11.7. The topological polar surface area (TPSA) is 264 Å². The second kappa shape index (κ2) is 14.9. The first kappa shape index (κ1) is 30.6. The van der Waals surface area contributed by atoms with Crippen LogP contribution in [-0.4, -0.2) is 80.5 Å². The first-order valence-corrected chi connectivity index (χ1v) is 12.2. The van der Waals surface area contributed by atoms with E-state index in [4.69, 9.17) is 17.2 Å². The summed E-state index contributed by atoms with van der Waals surface area (Å²) in [6, 6.07) is 1.38. The molecule has 2 aromatic rings. The van der Waals surface area contributed by atoms with Gasteiger partial charge in [0.05, 0.1) is 12.4 Å². The number of carboxylic acids is 1. The molecule has 0 saturated heterocycles. The van der Waals surface area contributed by atoms with Crippen molar-refractivity contribution in [1.29, 1.82) is 0 Å². The van der Waals surface area contributed by atoms with Crippen molar-refractivity contribution in [3.63, 3.8) is 0 Å². The number of hydrogen-bond acceptors (Lipinski definition) is 8. The third kappa shape index (κ3) is 10.7. The maximum Gasteiger partial charge on any atom is 0.326 e. The fourth-order valence-electron chi connectivity index (χ4n) is 3.51. The number of hydrogen-bond donors (Lipinski definition) is 9. The summed E-state index contributed by atoms with van der Waals surface area (Å²) in [6.07, 6.45) is 3.21. The number of aliphatic imine (C=N–C) groups is 1. The summed E-state index contributed by atoms with van der Waals surface area (Å²) in [5.41, 5.74) is 17.4. The third-order valence-corrected chi connectivity index (χ3v) is 5.59. The zero-order chi connectivity index (χ0) is 28.9. The van der Waals surface area contributed by atoms with Crippen LogP contribution in [0.3, 0.4) is 0 Å². The van der Waals surface area contributed by atoms with Crippen LogP contribution < -0.4 is 33.2 Å². The van der Waals surface area contributed by atoms with Crippen molar-refractivity contribution in [2.75, 3.05) is 6.54 Å². The predicted molar refractivity (Wildman–Crippen MR) is 141 cm³/mol. The van der Waals surface area contributed by atoms with Gasteiger partial charge in [-0.15, -0.1) is 0 Å². The molecule has 3 amide bonds. The zero-order valence-electron chi connectivity index (χ0n) is 21.5. The lowest BCUT2D eigenvalue weighted by Crippen LogP contribution is -2.57. The number of nitrogens with two attached hydrogens (primary N) is 3. The van der Waals surface area contributed by atoms with E-state index in [1.54, 1.807) is 0 Å². The molecule has 1 aromatic heterocycles. The van der Waals surface area contributed by atoms with Crippen molar-refractivity contribution >= 4 is 29.7 Å². The van der Waals surface area contributed by atoms with Gasteiger partial charge >= 0.3 is 5.97 Å². The molecule has 1 aromatic carbocycles. The minimum absolute atomic E-state index is 0.0130. The molecule has 0 bridgehead atoms. The number of phenols is 1. The van der Waals surface area contributed by atoms with E-state index in [9.17, 15) is 29.4 Å². The molecule has 4 atom stereocenters. The van der Waals surface area contributed by atoms with Crippen molar-refractivity contribution < 1.29 is 29.4 Å². The van der Waals surface area contributed by atoms with E-state index >= 15 is 0 Å². The minimum atomic E-state index is -1.32. The van der Waals surface area contributed by atoms with Gasteiger partial charge in [0.15, 0.2) is 5.96 Å². The van der Waals surface area contributed by atoms with E-state index in [0.717, 1.165) is 0 Å². The number of aromatic amines is 1. The molecule has 0 saturated carbocycles. The number of benzene rings is 1. The summed E-state index contributed by atoms with van der Waals surface area (Å²) < 4.78 is 0. The van der Waals surface area contributed by atoms with E-state index in [-0.39, 0.29) is 43.9 Å². The molecule has 2 rings (SSSR count). The Balaban J connectivity index is 2.21. The normalized spacial score (nSPS) is 13.8. The number of carbonyl (C=O) groups excluding carboxylic acids is 3. The summed E-state index contributed by atoms with van der Waals surface area (Å²) in [7, 11) is 0. The molecule has 0 fully saturated rings. The quantitative estimate of drug-likeness (QED) is 0.0664. The van der Waals surface area contributed by atoms with E-state index in [0.29, 0.717) is 11.3 Å². The van der Waals surface area contributed by atoms with Gasteiger partial charge in [-0.25, -0.2) is 9.78 Å². The number of H-pyrrole nitrogens is 1. The van der Waals surface area contributed by atoms with Crippen LogP contribution in [-0.2, 0) is 32.0 Å². The highest BCUT2D eigenvalue weighted by atomic mass is 16.4. The molecule has 4 unspecified atom stereocenters. The molecular formula is C24H35N9O6. The second-order valence-corrected chi connectivity index (χ2v) is 8.91. The van der Waals surface area contributed by atoms with Crippen molar-refractivity contribution in [1.82, 2.24) is 25.9 Å². The standard InChI is InChI=1S/C24H35N9O6/c1-13(25)20(35)32-18(10-15-11-28-12-30-15)22(37)31-17(3-2-8-29-24(26)27)21(36)33-19(23(38)39)9-14-4-6-16(34)7-5-14/h4-7,11-13,17-19,34H,2-3,8-10,25H2,1H3,(H,28,30)(H,31,37)(H,32,35)(H,33,36)(H,38,39)(H4,26,27,29). The van der Waals surface area contributed by atoms with Gasteiger partial charge in [-0.05, 0) is 37.5 Å². The van der Waals surface area contributed by atoms with Gasteiger partial charge in [-0.2, -0.15) is 0 Å². The average Bonchev–Trinajstić information content (AvgIpc) is 3.39. The van der Waals surface area contributed by atoms with E-state index in [1.165, 1.54) is 43.7 Å². The van der Waals surface area contributed by atoms with Gasteiger partial charge in [0.25, 0.3) is 0 Å². The molecule has 15 nitrogen and oxygen atoms in total. The van der Waals surface area contributed by atoms with Gasteiger partial charge in [-0.1, -0.05) is 12.1 Å². The van der Waals surface area contributed by atoms with Crippen LogP contribution in [0.5, 0.6) is 5.75 Å². The van der Waals surface area contributed by atoms with Crippen LogP contribution in [0.15, 0.2) is 41.8 Å². The molecule has 0 aliphatic carbocycles. The fraction of sp³-hybridized carbons (Fsp3) is 0.417. The molecule has 0 radical (unpaired) electrons. The van der Waals surface area contributed by atoms with E-state index in [2.05, 4.69) is 30.9 Å². The van der Waals surface area contributed by atoms with Gasteiger partial charge in [0, 0.05) is 31.3 Å². The number of imidazole rings is 1. The lowest BCUT2D eigenvalue weighted by atomic mass is 10.0. The van der Waals surface area contributed by atoms with Crippen LogP contribution in [0.25, 0.3) is 0 Å². The number of amides is 3. The number of nitrogens with one attached hydrogen (secondary N) is 4. The number of phenolic OH excluding ortho intramolecular Hbond substituents is 1. The second-order valence-electron chi connectivity index (χ2n) is 8.91. The Bertz CT molecular complexity index is 1130. The number of aromatic hydroxyl groups is 1. The summed E-state index contributed by atoms with van der Waals surface area (Å²) >= 11 is 0. The van der Waals surface area contributed by atoms with Crippen LogP contribution in [0.2, 0.25) is 0 Å². The Hall–Kier alpha value is -4.66. The maximum absolute atomic E-state index is 13.2. The highest BCUT2D eigenvalue weighted by Gasteiger charge is 2.30. The average molecular weight is 546 g/mol. The summed E-state index contributed by atoms with van der Waals surface area (Å²) in [5.74, 6) is -3.44. The first-order valence-electron chi connectivity index (χ1n) is 12.2. The predicted octanol–water partition coefficient (Wildman–Crippen LogP) is -2.16. The van der Waals surface area contributed by atoms with Gasteiger partial charge in [-0.3, -0.25) is 19.4 Å². The van der Waals surface area contributed by atoms with Gasteiger partial charge in [0.1, 0.15) is 23.9 Å². The smallest absolute Gasteiger partial charge is 0.326 e. The fourth-order valence-corrected chi connectivity index (χ4v) is 3.51. The molecule has 12 N–H and O–H groups in total. The zero-order valence-corrected chi connectivity index (χ0v) is 21.5. The largest absolute Gasteiger partial charge is 0.508 e. The molecule has 15 heteroatoms. The number of carbonyl (C=O) groups is 4. The van der Waals surface area contributed by atoms with Crippen LogP contribution in [0.4, 0.5) is 0 Å². The number of aliphatic carboxylic acids is 1. The Morgan fingerprint density at radius 3 is 2.15 bits per heavy atom. The number of aromatic nitrogens is 2. The number of nitrogens with zero attached hydrogens (tertiary/aromatic N) is 2. The highest BCUT2D eigenvalue weighted by Crippen LogP contribution is 2.12. The lowest BCUT2D eigenvalue weighted by Gasteiger charge is -2.25. The van der Waals surface area contributed by atoms with Crippen LogP contribution >= 0.6 is 0 Å². The monoisotopic (exact) mass is 545 g/mol. The molecular weight excluding hydrogens is 510 g/mol. The minimum Gasteiger partial charge on any atom is -0.508 e. The van der Waals surface area contributed by atoms with Crippen LogP contribution in [0.1, 0.15) is 31.0 Å².